The summed E-state index contributed by atoms with van der Waals surface area (Å²) >= 11 is 0. The van der Waals surface area contributed by atoms with E-state index in [-0.39, 0.29) is 0 Å². The lowest BCUT2D eigenvalue weighted by atomic mass is 10.0. The van der Waals surface area contributed by atoms with Crippen molar-refractivity contribution in [2.24, 2.45) is 17.8 Å². The maximum Gasteiger partial charge on any atom is 0.0488 e. The van der Waals surface area contributed by atoms with Crippen molar-refractivity contribution in [3.05, 3.63) is 0 Å². The van der Waals surface area contributed by atoms with Crippen LogP contribution in [0.2, 0.25) is 0 Å². The number of rotatable bonds is 10. The summed E-state index contributed by atoms with van der Waals surface area (Å²) in [7, 11) is 0. The summed E-state index contributed by atoms with van der Waals surface area (Å²) in [6.45, 7) is 15.2. The molecule has 0 heterocycles. The fourth-order valence-corrected chi connectivity index (χ4v) is 1.60. The highest BCUT2D eigenvalue weighted by atomic mass is 16.5. The molecule has 0 fully saturated rings. The molecule has 0 aromatic heterocycles. The molecule has 98 valence electrons. The van der Waals surface area contributed by atoms with Crippen LogP contribution < -0.4 is 5.32 Å². The maximum atomic E-state index is 5.63. The molecule has 0 radical (unpaired) electrons. The molecule has 0 spiro atoms. The zero-order valence-electron chi connectivity index (χ0n) is 11.9. The van der Waals surface area contributed by atoms with Gasteiger partial charge in [-0.2, -0.15) is 0 Å². The Morgan fingerprint density at radius 1 is 1.00 bits per heavy atom. The van der Waals surface area contributed by atoms with Gasteiger partial charge in [0.15, 0.2) is 0 Å². The zero-order chi connectivity index (χ0) is 12.4. The largest absolute Gasteiger partial charge is 0.381 e. The van der Waals surface area contributed by atoms with Gasteiger partial charge in [0.2, 0.25) is 0 Å². The fraction of sp³-hybridized carbons (Fsp3) is 1.00. The Morgan fingerprint density at radius 2 is 1.69 bits per heavy atom. The molecule has 0 aromatic carbocycles. The summed E-state index contributed by atoms with van der Waals surface area (Å²) in [5.41, 5.74) is 0. The van der Waals surface area contributed by atoms with Gasteiger partial charge in [0, 0.05) is 13.2 Å². The van der Waals surface area contributed by atoms with E-state index >= 15 is 0 Å². The number of hydrogen-bond donors (Lipinski definition) is 1. The van der Waals surface area contributed by atoms with E-state index in [2.05, 4.69) is 39.9 Å². The highest BCUT2D eigenvalue weighted by Crippen LogP contribution is 2.07. The topological polar surface area (TPSA) is 21.3 Å². The number of nitrogens with one attached hydrogen (secondary N) is 1. The summed E-state index contributed by atoms with van der Waals surface area (Å²) in [6.07, 6.45) is 2.43. The normalized spacial score (nSPS) is 13.7. The Labute approximate surface area is 102 Å². The smallest absolute Gasteiger partial charge is 0.0488 e. The van der Waals surface area contributed by atoms with Crippen LogP contribution in [0.15, 0.2) is 0 Å². The van der Waals surface area contributed by atoms with Crippen LogP contribution in [-0.4, -0.2) is 26.3 Å². The third-order valence-corrected chi connectivity index (χ3v) is 2.68. The van der Waals surface area contributed by atoms with Crippen LogP contribution in [0.1, 0.15) is 47.5 Å². The van der Waals surface area contributed by atoms with Crippen molar-refractivity contribution in [1.82, 2.24) is 5.32 Å². The van der Waals surface area contributed by atoms with Gasteiger partial charge in [-0.1, -0.05) is 41.0 Å². The van der Waals surface area contributed by atoms with E-state index in [1.54, 1.807) is 0 Å². The first-order valence-corrected chi connectivity index (χ1v) is 6.84. The van der Waals surface area contributed by atoms with E-state index < -0.39 is 0 Å². The van der Waals surface area contributed by atoms with Crippen LogP contribution in [0.5, 0.6) is 0 Å². The molecule has 0 aliphatic heterocycles. The minimum atomic E-state index is 0.652. The van der Waals surface area contributed by atoms with Crippen molar-refractivity contribution in [2.75, 3.05) is 26.3 Å². The van der Waals surface area contributed by atoms with Crippen LogP contribution in [0, 0.1) is 17.8 Å². The Kier molecular flexibility index (Phi) is 10.0. The van der Waals surface area contributed by atoms with Crippen molar-refractivity contribution < 1.29 is 4.74 Å². The standard InChI is InChI=1S/C14H31NO/c1-6-14(10-15-9-12(2)3)7-8-16-11-13(4)5/h12-15H,6-11H2,1-5H3. The van der Waals surface area contributed by atoms with E-state index in [0.717, 1.165) is 38.1 Å². The molecule has 1 unspecified atom stereocenters. The molecule has 16 heavy (non-hydrogen) atoms. The fourth-order valence-electron chi connectivity index (χ4n) is 1.60. The number of ether oxygens (including phenoxy) is 1. The molecule has 0 saturated carbocycles. The summed E-state index contributed by atoms with van der Waals surface area (Å²) in [4.78, 5) is 0. The lowest BCUT2D eigenvalue weighted by Gasteiger charge is -2.17. The van der Waals surface area contributed by atoms with Crippen LogP contribution in [0.25, 0.3) is 0 Å². The van der Waals surface area contributed by atoms with Gasteiger partial charge < -0.3 is 10.1 Å². The summed E-state index contributed by atoms with van der Waals surface area (Å²) in [5, 5.41) is 3.53. The van der Waals surface area contributed by atoms with E-state index in [9.17, 15) is 0 Å². The van der Waals surface area contributed by atoms with Gasteiger partial charge in [0.1, 0.15) is 0 Å². The first-order chi connectivity index (χ1) is 7.56. The molecular formula is C14H31NO. The number of hydrogen-bond acceptors (Lipinski definition) is 2. The van der Waals surface area contributed by atoms with Gasteiger partial charge in [-0.05, 0) is 37.3 Å². The molecule has 0 aliphatic carbocycles. The lowest BCUT2D eigenvalue weighted by Crippen LogP contribution is -2.27. The molecule has 2 nitrogen and oxygen atoms in total. The molecule has 0 saturated heterocycles. The average Bonchev–Trinajstić information content (AvgIpc) is 2.20. The van der Waals surface area contributed by atoms with E-state index in [1.165, 1.54) is 12.8 Å². The molecule has 0 bridgehead atoms. The maximum absolute atomic E-state index is 5.63. The highest BCUT2D eigenvalue weighted by Gasteiger charge is 2.06. The van der Waals surface area contributed by atoms with Crippen molar-refractivity contribution in [3.8, 4) is 0 Å². The lowest BCUT2D eigenvalue weighted by molar-refractivity contribution is 0.0971. The molecular weight excluding hydrogens is 198 g/mol. The van der Waals surface area contributed by atoms with Crippen LogP contribution in [0.4, 0.5) is 0 Å². The highest BCUT2D eigenvalue weighted by molar-refractivity contribution is 4.61. The second-order valence-corrected chi connectivity index (χ2v) is 5.58. The minimum Gasteiger partial charge on any atom is -0.381 e. The van der Waals surface area contributed by atoms with Gasteiger partial charge in [0.25, 0.3) is 0 Å². The second-order valence-electron chi connectivity index (χ2n) is 5.58. The van der Waals surface area contributed by atoms with Gasteiger partial charge in [-0.15, -0.1) is 0 Å². The van der Waals surface area contributed by atoms with Crippen molar-refractivity contribution >= 4 is 0 Å². The predicted molar refractivity (Wildman–Crippen MR) is 71.8 cm³/mol. The predicted octanol–water partition coefficient (Wildman–Crippen LogP) is 3.32. The van der Waals surface area contributed by atoms with Gasteiger partial charge in [0.05, 0.1) is 0 Å². The molecule has 0 aliphatic rings. The molecule has 0 rings (SSSR count). The van der Waals surface area contributed by atoms with E-state index in [0.29, 0.717) is 5.92 Å². The first-order valence-electron chi connectivity index (χ1n) is 6.84. The van der Waals surface area contributed by atoms with Gasteiger partial charge >= 0.3 is 0 Å². The Bertz CT molecular complexity index is 146. The van der Waals surface area contributed by atoms with Gasteiger partial charge in [-0.3, -0.25) is 0 Å². The van der Waals surface area contributed by atoms with E-state index in [4.69, 9.17) is 4.74 Å². The monoisotopic (exact) mass is 229 g/mol. The average molecular weight is 229 g/mol. The van der Waals surface area contributed by atoms with Crippen LogP contribution >= 0.6 is 0 Å². The van der Waals surface area contributed by atoms with Crippen molar-refractivity contribution in [2.45, 2.75) is 47.5 Å². The van der Waals surface area contributed by atoms with Crippen molar-refractivity contribution in [3.63, 3.8) is 0 Å². The quantitative estimate of drug-likeness (QED) is 0.580. The minimum absolute atomic E-state index is 0.652. The Hall–Kier alpha value is -0.0800. The summed E-state index contributed by atoms with van der Waals surface area (Å²) in [6, 6.07) is 0. The first kappa shape index (κ1) is 15.9. The third kappa shape index (κ3) is 10.4. The zero-order valence-corrected chi connectivity index (χ0v) is 11.9. The van der Waals surface area contributed by atoms with Gasteiger partial charge in [-0.25, -0.2) is 0 Å². The molecule has 1 N–H and O–H groups in total. The van der Waals surface area contributed by atoms with Crippen LogP contribution in [0.3, 0.4) is 0 Å². The summed E-state index contributed by atoms with van der Waals surface area (Å²) in [5.74, 6) is 2.17. The second kappa shape index (κ2) is 10.1. The third-order valence-electron chi connectivity index (χ3n) is 2.68. The van der Waals surface area contributed by atoms with E-state index in [1.807, 2.05) is 0 Å². The molecule has 0 aromatic rings. The Balaban J connectivity index is 3.44. The van der Waals surface area contributed by atoms with Crippen molar-refractivity contribution in [1.29, 1.82) is 0 Å². The molecule has 1 atom stereocenters. The SMILES string of the molecule is CCC(CCOCC(C)C)CNCC(C)C. The Morgan fingerprint density at radius 3 is 2.19 bits per heavy atom. The molecule has 0 amide bonds. The summed E-state index contributed by atoms with van der Waals surface area (Å²) < 4.78 is 5.63. The van der Waals surface area contributed by atoms with Crippen LogP contribution in [-0.2, 0) is 4.74 Å². The molecule has 2 heteroatoms.